The fraction of sp³-hybridized carbons (Fsp3) is 0.667. The molecule has 1 aromatic rings. The van der Waals surface area contributed by atoms with E-state index >= 15 is 0 Å². The fourth-order valence-corrected chi connectivity index (χ4v) is 2.39. The number of hydrogen-bond acceptors (Lipinski definition) is 3. The number of anilines is 1. The Kier molecular flexibility index (Phi) is 2.28. The molecule has 0 spiro atoms. The Balaban J connectivity index is 2.13. The zero-order valence-electron chi connectivity index (χ0n) is 11.0. The first-order valence-corrected chi connectivity index (χ1v) is 5.78. The van der Waals surface area contributed by atoms with Crippen LogP contribution in [0.2, 0.25) is 0 Å². The maximum absolute atomic E-state index is 12.1. The Morgan fingerprint density at radius 1 is 1.41 bits per heavy atom. The molecular formula is C12H20N4O. The lowest BCUT2D eigenvalue weighted by atomic mass is 10.0. The van der Waals surface area contributed by atoms with Gasteiger partial charge in [-0.05, 0) is 10.8 Å². The van der Waals surface area contributed by atoms with Gasteiger partial charge in [-0.25, -0.2) is 0 Å². The number of rotatable bonds is 2. The summed E-state index contributed by atoms with van der Waals surface area (Å²) in [5.41, 5.74) is 6.47. The van der Waals surface area contributed by atoms with E-state index in [9.17, 15) is 4.79 Å². The second-order valence-electron chi connectivity index (χ2n) is 5.92. The zero-order valence-corrected chi connectivity index (χ0v) is 11.0. The first-order chi connectivity index (χ1) is 7.69. The molecule has 2 rings (SSSR count). The van der Waals surface area contributed by atoms with Gasteiger partial charge in [0, 0.05) is 13.1 Å². The molecule has 1 amide bonds. The number of nitrogens with one attached hydrogen (secondary N) is 1. The lowest BCUT2D eigenvalue weighted by Gasteiger charge is -2.06. The van der Waals surface area contributed by atoms with E-state index < -0.39 is 0 Å². The van der Waals surface area contributed by atoms with Crippen LogP contribution in [0.3, 0.4) is 0 Å². The lowest BCUT2D eigenvalue weighted by molar-refractivity contribution is 0.0944. The first-order valence-electron chi connectivity index (χ1n) is 5.78. The van der Waals surface area contributed by atoms with Crippen LogP contribution in [0.15, 0.2) is 6.20 Å². The molecule has 5 nitrogen and oxygen atoms in total. The Morgan fingerprint density at radius 3 is 2.29 bits per heavy atom. The predicted octanol–water partition coefficient (Wildman–Crippen LogP) is 1.17. The smallest absolute Gasteiger partial charge is 0.256 e. The van der Waals surface area contributed by atoms with Gasteiger partial charge in [0.05, 0.1) is 6.20 Å². The summed E-state index contributed by atoms with van der Waals surface area (Å²) in [5.74, 6) is 0.262. The van der Waals surface area contributed by atoms with Crippen LogP contribution in [0.5, 0.6) is 0 Å². The Hall–Kier alpha value is -1.52. The van der Waals surface area contributed by atoms with E-state index in [4.69, 9.17) is 5.73 Å². The third-order valence-electron chi connectivity index (χ3n) is 4.53. The summed E-state index contributed by atoms with van der Waals surface area (Å²) in [6, 6.07) is 0.183. The molecule has 5 heteroatoms. The second-order valence-corrected chi connectivity index (χ2v) is 5.92. The van der Waals surface area contributed by atoms with E-state index in [2.05, 4.69) is 38.1 Å². The Morgan fingerprint density at radius 2 is 1.94 bits per heavy atom. The molecule has 0 aromatic carbocycles. The molecule has 1 fully saturated rings. The van der Waals surface area contributed by atoms with E-state index in [0.717, 1.165) is 0 Å². The van der Waals surface area contributed by atoms with Gasteiger partial charge in [0.25, 0.3) is 5.91 Å². The number of amides is 1. The highest BCUT2D eigenvalue weighted by Gasteiger charge is 2.65. The van der Waals surface area contributed by atoms with Crippen LogP contribution in [0.4, 0.5) is 5.82 Å². The van der Waals surface area contributed by atoms with Gasteiger partial charge in [-0.15, -0.1) is 0 Å². The highest BCUT2D eigenvalue weighted by molar-refractivity contribution is 5.98. The van der Waals surface area contributed by atoms with Gasteiger partial charge in [0.1, 0.15) is 11.4 Å². The zero-order chi connectivity index (χ0) is 13.0. The van der Waals surface area contributed by atoms with Crippen LogP contribution < -0.4 is 11.1 Å². The molecule has 1 heterocycles. The average Bonchev–Trinajstić information content (AvgIpc) is 2.52. The molecule has 0 unspecified atom stereocenters. The first kappa shape index (κ1) is 12.0. The number of hydrogen-bond donors (Lipinski definition) is 2. The summed E-state index contributed by atoms with van der Waals surface area (Å²) < 4.78 is 1.50. The molecule has 17 heavy (non-hydrogen) atoms. The van der Waals surface area contributed by atoms with Crippen molar-refractivity contribution in [2.45, 2.75) is 33.7 Å². The minimum Gasteiger partial charge on any atom is -0.383 e. The van der Waals surface area contributed by atoms with Crippen molar-refractivity contribution in [1.29, 1.82) is 0 Å². The summed E-state index contributed by atoms with van der Waals surface area (Å²) in [5, 5.41) is 7.00. The van der Waals surface area contributed by atoms with Crippen molar-refractivity contribution in [2.75, 3.05) is 5.73 Å². The number of nitrogens with zero attached hydrogens (tertiary/aromatic N) is 2. The second kappa shape index (κ2) is 3.24. The predicted molar refractivity (Wildman–Crippen MR) is 66.4 cm³/mol. The van der Waals surface area contributed by atoms with Crippen molar-refractivity contribution >= 4 is 11.7 Å². The Bertz CT molecular complexity index is 459. The number of aryl methyl sites for hydroxylation is 1. The highest BCUT2D eigenvalue weighted by atomic mass is 16.1. The molecule has 0 bridgehead atoms. The standard InChI is InChI=1S/C12H20N4O/c1-11(2)10(12(11,3)4)15-9(17)7-6-14-16(5)8(7)13/h6,10H,13H2,1-5H3,(H,15,17). The van der Waals surface area contributed by atoms with Gasteiger partial charge in [-0.1, -0.05) is 27.7 Å². The van der Waals surface area contributed by atoms with E-state index in [1.54, 1.807) is 7.05 Å². The van der Waals surface area contributed by atoms with Crippen LogP contribution in [0.1, 0.15) is 38.1 Å². The van der Waals surface area contributed by atoms with Crippen molar-refractivity contribution in [2.24, 2.45) is 17.9 Å². The monoisotopic (exact) mass is 236 g/mol. The van der Waals surface area contributed by atoms with Gasteiger partial charge < -0.3 is 11.1 Å². The summed E-state index contributed by atoms with van der Waals surface area (Å²) in [7, 11) is 1.72. The number of carbonyl (C=O) groups excluding carboxylic acids is 1. The van der Waals surface area contributed by atoms with Gasteiger partial charge in [-0.3, -0.25) is 9.48 Å². The summed E-state index contributed by atoms with van der Waals surface area (Å²) >= 11 is 0. The maximum Gasteiger partial charge on any atom is 0.256 e. The largest absolute Gasteiger partial charge is 0.383 e. The summed E-state index contributed by atoms with van der Waals surface area (Å²) in [6.07, 6.45) is 1.51. The van der Waals surface area contributed by atoms with Gasteiger partial charge in [-0.2, -0.15) is 5.10 Å². The maximum atomic E-state index is 12.1. The average molecular weight is 236 g/mol. The van der Waals surface area contributed by atoms with Crippen molar-refractivity contribution in [3.05, 3.63) is 11.8 Å². The van der Waals surface area contributed by atoms with Crippen molar-refractivity contribution in [3.63, 3.8) is 0 Å². The van der Waals surface area contributed by atoms with Crippen LogP contribution in [-0.2, 0) is 7.05 Å². The van der Waals surface area contributed by atoms with E-state index in [1.165, 1.54) is 10.9 Å². The van der Waals surface area contributed by atoms with Gasteiger partial charge >= 0.3 is 0 Å². The molecule has 1 aromatic heterocycles. The third-order valence-corrected chi connectivity index (χ3v) is 4.53. The summed E-state index contributed by atoms with van der Waals surface area (Å²) in [4.78, 5) is 12.1. The van der Waals surface area contributed by atoms with Crippen molar-refractivity contribution < 1.29 is 4.79 Å². The molecule has 0 atom stereocenters. The number of carbonyl (C=O) groups is 1. The fourth-order valence-electron chi connectivity index (χ4n) is 2.39. The summed E-state index contributed by atoms with van der Waals surface area (Å²) in [6.45, 7) is 8.63. The molecule has 1 aliphatic rings. The molecular weight excluding hydrogens is 216 g/mol. The molecule has 0 aliphatic heterocycles. The molecule has 0 saturated heterocycles. The number of nitrogens with two attached hydrogens (primary N) is 1. The molecule has 1 aliphatic carbocycles. The molecule has 94 valence electrons. The van der Waals surface area contributed by atoms with Crippen LogP contribution >= 0.6 is 0 Å². The van der Waals surface area contributed by atoms with E-state index in [0.29, 0.717) is 11.4 Å². The normalized spacial score (nSPS) is 21.2. The number of nitrogen functional groups attached to an aromatic ring is 1. The minimum atomic E-state index is -0.140. The number of aromatic nitrogens is 2. The van der Waals surface area contributed by atoms with Crippen LogP contribution in [0.25, 0.3) is 0 Å². The molecule has 3 N–H and O–H groups in total. The topological polar surface area (TPSA) is 72.9 Å². The lowest BCUT2D eigenvalue weighted by Crippen LogP contribution is -2.30. The highest BCUT2D eigenvalue weighted by Crippen LogP contribution is 2.62. The van der Waals surface area contributed by atoms with Crippen molar-refractivity contribution in [3.8, 4) is 0 Å². The Labute approximate surface area is 101 Å². The van der Waals surface area contributed by atoms with Crippen LogP contribution in [0, 0.1) is 10.8 Å². The van der Waals surface area contributed by atoms with Gasteiger partial charge in [0.2, 0.25) is 0 Å². The molecule has 0 radical (unpaired) electrons. The van der Waals surface area contributed by atoms with Crippen molar-refractivity contribution in [1.82, 2.24) is 15.1 Å². The van der Waals surface area contributed by atoms with Gasteiger partial charge in [0.15, 0.2) is 0 Å². The molecule has 1 saturated carbocycles. The van der Waals surface area contributed by atoms with E-state index in [-0.39, 0.29) is 22.8 Å². The SMILES string of the molecule is Cn1ncc(C(=O)NC2C(C)(C)C2(C)C)c1N. The van der Waals surface area contributed by atoms with Crippen LogP contribution in [-0.4, -0.2) is 21.7 Å². The minimum absolute atomic E-state index is 0.125. The third kappa shape index (κ3) is 1.52. The quantitative estimate of drug-likeness (QED) is 0.809. The van der Waals surface area contributed by atoms with E-state index in [1.807, 2.05) is 0 Å².